The van der Waals surface area contributed by atoms with Gasteiger partial charge in [-0.25, -0.2) is 13.1 Å². The average molecular weight is 411 g/mol. The molecule has 1 aliphatic rings. The van der Waals surface area contributed by atoms with Crippen LogP contribution in [0.4, 0.5) is 0 Å². The van der Waals surface area contributed by atoms with E-state index >= 15 is 0 Å². The molecule has 2 heterocycles. The number of amides is 1. The molecule has 4 rings (SSSR count). The number of hydrogen-bond acceptors (Lipinski definition) is 5. The minimum Gasteiger partial charge on any atom is -0.336 e. The largest absolute Gasteiger partial charge is 0.336 e. The lowest BCUT2D eigenvalue weighted by Gasteiger charge is -2.39. The molecule has 0 N–H and O–H groups in total. The van der Waals surface area contributed by atoms with Crippen LogP contribution in [0.25, 0.3) is 5.69 Å². The van der Waals surface area contributed by atoms with Crippen LogP contribution in [0.5, 0.6) is 0 Å². The van der Waals surface area contributed by atoms with Gasteiger partial charge in [-0.15, -0.1) is 5.10 Å². The third-order valence-electron chi connectivity index (χ3n) is 5.00. The molecule has 1 amide bonds. The molecule has 29 heavy (non-hydrogen) atoms. The summed E-state index contributed by atoms with van der Waals surface area (Å²) in [5, 5.41) is 7.65. The average Bonchev–Trinajstić information content (AvgIpc) is 3.28. The van der Waals surface area contributed by atoms with E-state index < -0.39 is 10.0 Å². The minimum absolute atomic E-state index is 0.0771. The van der Waals surface area contributed by atoms with Gasteiger partial charge < -0.3 is 4.90 Å². The standard InChI is InChI=1S/C20H21N5O3S/c1-16-15-23(20(26)17-5-3-2-4-6-17)13-14-25(16)29(27,28)19-9-7-18(8-10-19)24-12-11-21-22-24/h2-12,16H,13-15H2,1H3. The molecule has 1 aliphatic heterocycles. The third kappa shape index (κ3) is 3.79. The van der Waals surface area contributed by atoms with Crippen molar-refractivity contribution in [3.05, 3.63) is 72.6 Å². The zero-order valence-corrected chi connectivity index (χ0v) is 16.7. The highest BCUT2D eigenvalue weighted by Gasteiger charge is 2.35. The second-order valence-corrected chi connectivity index (χ2v) is 8.81. The predicted octanol–water partition coefficient (Wildman–Crippen LogP) is 1.80. The number of carbonyl (C=O) groups is 1. The van der Waals surface area contributed by atoms with Gasteiger partial charge in [0.15, 0.2) is 0 Å². The van der Waals surface area contributed by atoms with Crippen LogP contribution in [0.2, 0.25) is 0 Å². The normalized spacial score (nSPS) is 18.0. The molecule has 0 aliphatic carbocycles. The van der Waals surface area contributed by atoms with E-state index in [4.69, 9.17) is 0 Å². The topological polar surface area (TPSA) is 88.4 Å². The van der Waals surface area contributed by atoms with Crippen molar-refractivity contribution in [2.45, 2.75) is 17.9 Å². The summed E-state index contributed by atoms with van der Waals surface area (Å²) in [5.41, 5.74) is 1.34. The molecule has 1 aromatic heterocycles. The van der Waals surface area contributed by atoms with Crippen LogP contribution in [0, 0.1) is 0 Å². The SMILES string of the molecule is CC1CN(C(=O)c2ccccc2)CCN1S(=O)(=O)c1ccc(-n2ccnn2)cc1. The van der Waals surface area contributed by atoms with Crippen molar-refractivity contribution in [3.63, 3.8) is 0 Å². The first-order valence-corrected chi connectivity index (χ1v) is 10.7. The van der Waals surface area contributed by atoms with Crippen molar-refractivity contribution in [2.24, 2.45) is 0 Å². The summed E-state index contributed by atoms with van der Waals surface area (Å²) in [6.07, 6.45) is 3.25. The predicted molar refractivity (Wildman–Crippen MR) is 107 cm³/mol. The zero-order valence-electron chi connectivity index (χ0n) is 15.9. The van der Waals surface area contributed by atoms with E-state index in [1.165, 1.54) is 4.31 Å². The molecule has 0 saturated carbocycles. The van der Waals surface area contributed by atoms with Gasteiger partial charge in [0.2, 0.25) is 10.0 Å². The molecule has 0 radical (unpaired) electrons. The van der Waals surface area contributed by atoms with E-state index in [0.717, 1.165) is 5.69 Å². The fourth-order valence-electron chi connectivity index (χ4n) is 3.50. The number of carbonyl (C=O) groups excluding carboxylic acids is 1. The van der Waals surface area contributed by atoms with Gasteiger partial charge in [0.1, 0.15) is 0 Å². The Kier molecular flexibility index (Phi) is 5.16. The van der Waals surface area contributed by atoms with Gasteiger partial charge in [0.25, 0.3) is 5.91 Å². The Bertz CT molecular complexity index is 1080. The van der Waals surface area contributed by atoms with Crippen LogP contribution in [-0.2, 0) is 10.0 Å². The second kappa shape index (κ2) is 7.76. The summed E-state index contributed by atoms with van der Waals surface area (Å²) in [6.45, 7) is 2.79. The van der Waals surface area contributed by atoms with E-state index in [1.807, 2.05) is 25.1 Å². The summed E-state index contributed by atoms with van der Waals surface area (Å²) in [4.78, 5) is 14.6. The van der Waals surface area contributed by atoms with Gasteiger partial charge in [-0.1, -0.05) is 23.4 Å². The molecule has 1 saturated heterocycles. The zero-order chi connectivity index (χ0) is 20.4. The molecule has 8 nitrogen and oxygen atoms in total. The maximum Gasteiger partial charge on any atom is 0.253 e. The number of nitrogens with zero attached hydrogens (tertiary/aromatic N) is 5. The lowest BCUT2D eigenvalue weighted by molar-refractivity contribution is 0.0642. The summed E-state index contributed by atoms with van der Waals surface area (Å²) in [6, 6.07) is 15.2. The van der Waals surface area contributed by atoms with Crippen molar-refractivity contribution in [3.8, 4) is 5.69 Å². The van der Waals surface area contributed by atoms with Crippen molar-refractivity contribution in [1.82, 2.24) is 24.2 Å². The highest BCUT2D eigenvalue weighted by molar-refractivity contribution is 7.89. The minimum atomic E-state index is -3.66. The molecule has 1 fully saturated rings. The van der Waals surface area contributed by atoms with Crippen LogP contribution in [0.3, 0.4) is 0 Å². The number of benzene rings is 2. The number of rotatable bonds is 4. The number of hydrogen-bond donors (Lipinski definition) is 0. The van der Waals surface area contributed by atoms with Crippen LogP contribution < -0.4 is 0 Å². The van der Waals surface area contributed by atoms with Crippen molar-refractivity contribution < 1.29 is 13.2 Å². The Balaban J connectivity index is 1.49. The van der Waals surface area contributed by atoms with Crippen LogP contribution in [0.1, 0.15) is 17.3 Å². The van der Waals surface area contributed by atoms with Gasteiger partial charge in [-0.05, 0) is 43.3 Å². The fraction of sp³-hybridized carbons (Fsp3) is 0.250. The summed E-state index contributed by atoms with van der Waals surface area (Å²) in [7, 11) is -3.66. The monoisotopic (exact) mass is 411 g/mol. The van der Waals surface area contributed by atoms with Gasteiger partial charge in [0, 0.05) is 31.2 Å². The first-order valence-electron chi connectivity index (χ1n) is 9.30. The van der Waals surface area contributed by atoms with E-state index in [0.29, 0.717) is 18.7 Å². The first kappa shape index (κ1) is 19.3. The molecular weight excluding hydrogens is 390 g/mol. The van der Waals surface area contributed by atoms with Crippen LogP contribution in [-0.4, -0.2) is 64.2 Å². The molecule has 1 unspecified atom stereocenters. The quantitative estimate of drug-likeness (QED) is 0.653. The Morgan fingerprint density at radius 1 is 1.03 bits per heavy atom. The first-order chi connectivity index (χ1) is 14.0. The van der Waals surface area contributed by atoms with Crippen molar-refractivity contribution in [2.75, 3.05) is 19.6 Å². The Labute approximate surface area is 169 Å². The summed E-state index contributed by atoms with van der Waals surface area (Å²) >= 11 is 0. The van der Waals surface area contributed by atoms with Crippen LogP contribution >= 0.6 is 0 Å². The number of piperazine rings is 1. The Morgan fingerprint density at radius 2 is 1.76 bits per heavy atom. The molecule has 2 aromatic carbocycles. The van der Waals surface area contributed by atoms with Gasteiger partial charge in [-0.2, -0.15) is 4.31 Å². The van der Waals surface area contributed by atoms with Crippen molar-refractivity contribution in [1.29, 1.82) is 0 Å². The Hall–Kier alpha value is -3.04. The van der Waals surface area contributed by atoms with E-state index in [1.54, 1.807) is 58.4 Å². The second-order valence-electron chi connectivity index (χ2n) is 6.92. The van der Waals surface area contributed by atoms with Gasteiger partial charge in [0.05, 0.1) is 23.0 Å². The van der Waals surface area contributed by atoms with Crippen LogP contribution in [0.15, 0.2) is 71.9 Å². The highest BCUT2D eigenvalue weighted by atomic mass is 32.2. The number of aromatic nitrogens is 3. The molecule has 150 valence electrons. The highest BCUT2D eigenvalue weighted by Crippen LogP contribution is 2.23. The molecule has 0 bridgehead atoms. The molecule has 0 spiro atoms. The van der Waals surface area contributed by atoms with E-state index in [-0.39, 0.29) is 23.4 Å². The lowest BCUT2D eigenvalue weighted by atomic mass is 10.1. The van der Waals surface area contributed by atoms with E-state index in [9.17, 15) is 13.2 Å². The molecule has 3 aromatic rings. The van der Waals surface area contributed by atoms with Crippen molar-refractivity contribution >= 4 is 15.9 Å². The Morgan fingerprint density at radius 3 is 2.38 bits per heavy atom. The molecule has 1 atom stereocenters. The lowest BCUT2D eigenvalue weighted by Crippen LogP contribution is -2.55. The smallest absolute Gasteiger partial charge is 0.253 e. The van der Waals surface area contributed by atoms with Gasteiger partial charge >= 0.3 is 0 Å². The third-order valence-corrected chi connectivity index (χ3v) is 7.03. The van der Waals surface area contributed by atoms with E-state index in [2.05, 4.69) is 10.3 Å². The summed E-state index contributed by atoms with van der Waals surface area (Å²) in [5.74, 6) is -0.0771. The fourth-order valence-corrected chi connectivity index (χ4v) is 5.11. The van der Waals surface area contributed by atoms with Gasteiger partial charge in [-0.3, -0.25) is 4.79 Å². The summed E-state index contributed by atoms with van der Waals surface area (Å²) < 4.78 is 29.3. The maximum absolute atomic E-state index is 13.1. The molecular formula is C20H21N5O3S. The maximum atomic E-state index is 13.1. The number of sulfonamides is 1. The molecule has 9 heteroatoms.